The molecule has 1 atom stereocenters. The van der Waals surface area contributed by atoms with Gasteiger partial charge in [0.2, 0.25) is 0 Å². The Balaban J connectivity index is 1.55. The third kappa shape index (κ3) is 3.84. The minimum atomic E-state index is -0.644. The summed E-state index contributed by atoms with van der Waals surface area (Å²) >= 11 is 7.25. The van der Waals surface area contributed by atoms with Crippen molar-refractivity contribution in [1.29, 1.82) is 0 Å². The van der Waals surface area contributed by atoms with E-state index in [-0.39, 0.29) is 0 Å². The van der Waals surface area contributed by atoms with Gasteiger partial charge in [0.25, 0.3) is 0 Å². The number of guanidine groups is 1. The maximum absolute atomic E-state index is 10.2. The van der Waals surface area contributed by atoms with Gasteiger partial charge in [0, 0.05) is 24.7 Å². The van der Waals surface area contributed by atoms with Gasteiger partial charge in [-0.25, -0.2) is 0 Å². The summed E-state index contributed by atoms with van der Waals surface area (Å²) in [6, 6.07) is 9.33. The van der Waals surface area contributed by atoms with Crippen LogP contribution in [0.1, 0.15) is 16.8 Å². The van der Waals surface area contributed by atoms with E-state index < -0.39 is 6.10 Å². The number of thiophene rings is 1. The number of pyridine rings is 1. The Morgan fingerprint density at radius 3 is 2.96 bits per heavy atom. The molecule has 3 heterocycles. The van der Waals surface area contributed by atoms with Crippen LogP contribution in [0.15, 0.2) is 41.5 Å². The van der Waals surface area contributed by atoms with E-state index in [9.17, 15) is 5.11 Å². The third-order valence-corrected chi connectivity index (χ3v) is 4.74. The number of aromatic nitrogens is 3. The van der Waals surface area contributed by atoms with Crippen LogP contribution in [0, 0.1) is 0 Å². The average molecular weight is 365 g/mol. The largest absolute Gasteiger partial charge is 0.386 e. The standard InChI is InChI=1S/C15H17ClN6OS/c1-17-15(18-8-10(23)11-5-6-12(16)24-11)19-9-14-21-20-13-4-2-3-7-22(13)14/h2-7,10,23H,8-9H2,1H3,(H2,17,18,19). The highest BCUT2D eigenvalue weighted by Crippen LogP contribution is 2.26. The normalized spacial score (nSPS) is 13.2. The molecule has 3 aromatic rings. The lowest BCUT2D eigenvalue weighted by Gasteiger charge is -2.14. The number of aliphatic imine (C=N–C) groups is 1. The summed E-state index contributed by atoms with van der Waals surface area (Å²) in [5.41, 5.74) is 0.794. The fraction of sp³-hybridized carbons (Fsp3) is 0.267. The van der Waals surface area contributed by atoms with Crippen LogP contribution in [-0.4, -0.2) is 39.3 Å². The van der Waals surface area contributed by atoms with Crippen molar-refractivity contribution in [3.63, 3.8) is 0 Å². The zero-order valence-electron chi connectivity index (χ0n) is 13.0. The molecule has 0 aliphatic carbocycles. The molecule has 0 aliphatic heterocycles. The van der Waals surface area contributed by atoms with E-state index in [4.69, 9.17) is 11.6 Å². The summed E-state index contributed by atoms with van der Waals surface area (Å²) in [6.07, 6.45) is 1.27. The Hall–Kier alpha value is -2.16. The maximum Gasteiger partial charge on any atom is 0.191 e. The molecule has 0 aliphatic rings. The Morgan fingerprint density at radius 2 is 2.21 bits per heavy atom. The predicted molar refractivity (Wildman–Crippen MR) is 95.5 cm³/mol. The number of hydrogen-bond donors (Lipinski definition) is 3. The monoisotopic (exact) mass is 364 g/mol. The number of aliphatic hydroxyl groups excluding tert-OH is 1. The molecule has 0 radical (unpaired) electrons. The first-order chi connectivity index (χ1) is 11.7. The number of nitrogens with zero attached hydrogens (tertiary/aromatic N) is 4. The lowest BCUT2D eigenvalue weighted by molar-refractivity contribution is 0.184. The maximum atomic E-state index is 10.2. The SMILES string of the molecule is CN=C(NCc1nnc2ccccn12)NCC(O)c1ccc(Cl)s1. The predicted octanol–water partition coefficient (Wildman–Crippen LogP) is 1.84. The van der Waals surface area contributed by atoms with Gasteiger partial charge in [-0.2, -0.15) is 0 Å². The van der Waals surface area contributed by atoms with Crippen molar-refractivity contribution in [3.05, 3.63) is 51.6 Å². The Labute approximate surface area is 148 Å². The number of nitrogens with one attached hydrogen (secondary N) is 2. The molecule has 126 valence electrons. The molecule has 0 saturated carbocycles. The van der Waals surface area contributed by atoms with Gasteiger partial charge in [0.15, 0.2) is 17.4 Å². The smallest absolute Gasteiger partial charge is 0.191 e. The Morgan fingerprint density at radius 1 is 1.33 bits per heavy atom. The number of rotatable bonds is 5. The number of fused-ring (bicyclic) bond motifs is 1. The van der Waals surface area contributed by atoms with Crippen LogP contribution in [0.5, 0.6) is 0 Å². The zero-order valence-corrected chi connectivity index (χ0v) is 14.6. The summed E-state index contributed by atoms with van der Waals surface area (Å²) in [7, 11) is 1.67. The zero-order chi connectivity index (χ0) is 16.9. The summed E-state index contributed by atoms with van der Waals surface area (Å²) in [4.78, 5) is 4.95. The quantitative estimate of drug-likeness (QED) is 0.475. The van der Waals surface area contributed by atoms with E-state index in [1.807, 2.05) is 34.9 Å². The van der Waals surface area contributed by atoms with Crippen molar-refractivity contribution in [1.82, 2.24) is 25.2 Å². The second-order valence-corrected chi connectivity index (χ2v) is 6.76. The lowest BCUT2D eigenvalue weighted by Crippen LogP contribution is -2.39. The molecule has 9 heteroatoms. The van der Waals surface area contributed by atoms with Crippen LogP contribution in [0.25, 0.3) is 5.65 Å². The fourth-order valence-electron chi connectivity index (χ4n) is 2.20. The first kappa shape index (κ1) is 16.7. The molecule has 3 aromatic heterocycles. The van der Waals surface area contributed by atoms with E-state index in [1.54, 1.807) is 13.1 Å². The number of hydrogen-bond acceptors (Lipinski definition) is 5. The summed E-state index contributed by atoms with van der Waals surface area (Å²) in [6.45, 7) is 0.795. The van der Waals surface area contributed by atoms with E-state index in [0.29, 0.717) is 23.4 Å². The van der Waals surface area contributed by atoms with Crippen LogP contribution in [0.2, 0.25) is 4.34 Å². The third-order valence-electron chi connectivity index (χ3n) is 3.41. The van der Waals surface area contributed by atoms with Crippen LogP contribution in [-0.2, 0) is 6.54 Å². The van der Waals surface area contributed by atoms with Crippen molar-refractivity contribution in [2.75, 3.05) is 13.6 Å². The molecule has 1 unspecified atom stereocenters. The lowest BCUT2D eigenvalue weighted by atomic mass is 10.3. The van der Waals surface area contributed by atoms with Gasteiger partial charge < -0.3 is 15.7 Å². The molecule has 3 rings (SSSR count). The first-order valence-electron chi connectivity index (χ1n) is 7.34. The highest BCUT2D eigenvalue weighted by molar-refractivity contribution is 7.16. The van der Waals surface area contributed by atoms with E-state index >= 15 is 0 Å². The minimum Gasteiger partial charge on any atom is -0.386 e. The topological polar surface area (TPSA) is 86.8 Å². The van der Waals surface area contributed by atoms with Gasteiger partial charge in [0.1, 0.15) is 6.10 Å². The molecule has 0 fully saturated rings. The molecule has 0 spiro atoms. The summed E-state index contributed by atoms with van der Waals surface area (Å²) < 4.78 is 2.56. The van der Waals surface area contributed by atoms with Crippen molar-refractivity contribution in [3.8, 4) is 0 Å². The van der Waals surface area contributed by atoms with Gasteiger partial charge in [-0.1, -0.05) is 17.7 Å². The molecule has 0 bridgehead atoms. The van der Waals surface area contributed by atoms with Gasteiger partial charge in [-0.05, 0) is 24.3 Å². The second-order valence-electron chi connectivity index (χ2n) is 5.01. The van der Waals surface area contributed by atoms with Crippen LogP contribution in [0.4, 0.5) is 0 Å². The molecule has 0 saturated heterocycles. The van der Waals surface area contributed by atoms with Gasteiger partial charge in [-0.15, -0.1) is 21.5 Å². The van der Waals surface area contributed by atoms with Crippen LogP contribution >= 0.6 is 22.9 Å². The average Bonchev–Trinajstić information content (AvgIpc) is 3.21. The highest BCUT2D eigenvalue weighted by atomic mass is 35.5. The summed E-state index contributed by atoms with van der Waals surface area (Å²) in [5.74, 6) is 1.35. The first-order valence-corrected chi connectivity index (χ1v) is 8.53. The van der Waals surface area contributed by atoms with Crippen molar-refractivity contribution in [2.24, 2.45) is 4.99 Å². The van der Waals surface area contributed by atoms with Gasteiger partial charge in [-0.3, -0.25) is 9.39 Å². The molecule has 24 heavy (non-hydrogen) atoms. The van der Waals surface area contributed by atoms with Crippen LogP contribution in [0.3, 0.4) is 0 Å². The van der Waals surface area contributed by atoms with Gasteiger partial charge in [0.05, 0.1) is 10.9 Å². The molecule has 0 aromatic carbocycles. The van der Waals surface area contributed by atoms with E-state index in [0.717, 1.165) is 16.3 Å². The number of aliphatic hydroxyl groups is 1. The Kier molecular flexibility index (Phi) is 5.29. The molecule has 0 amide bonds. The number of halogens is 1. The molecular formula is C15H17ClN6OS. The molecule has 3 N–H and O–H groups in total. The van der Waals surface area contributed by atoms with E-state index in [2.05, 4.69) is 25.8 Å². The Bertz CT molecular complexity index is 845. The van der Waals surface area contributed by atoms with Crippen molar-refractivity contribution >= 4 is 34.5 Å². The summed E-state index contributed by atoms with van der Waals surface area (Å²) in [5, 5.41) is 24.6. The van der Waals surface area contributed by atoms with Crippen molar-refractivity contribution < 1.29 is 5.11 Å². The van der Waals surface area contributed by atoms with Crippen LogP contribution < -0.4 is 10.6 Å². The fourth-order valence-corrected chi connectivity index (χ4v) is 3.24. The van der Waals surface area contributed by atoms with Crippen molar-refractivity contribution in [2.45, 2.75) is 12.6 Å². The minimum absolute atomic E-state index is 0.330. The molecular weight excluding hydrogens is 348 g/mol. The second kappa shape index (κ2) is 7.61. The molecule has 7 nitrogen and oxygen atoms in total. The van der Waals surface area contributed by atoms with Gasteiger partial charge >= 0.3 is 0 Å². The highest BCUT2D eigenvalue weighted by Gasteiger charge is 2.11. The van der Waals surface area contributed by atoms with E-state index in [1.165, 1.54) is 11.3 Å².